The molecule has 4 rings (SSSR count). The summed E-state index contributed by atoms with van der Waals surface area (Å²) in [6, 6.07) is 7.00. The first kappa shape index (κ1) is 21.6. The number of carbonyl (C=O) groups is 1. The topological polar surface area (TPSA) is 78.5 Å². The highest BCUT2D eigenvalue weighted by Crippen LogP contribution is 2.58. The first-order valence-electron chi connectivity index (χ1n) is 10.1. The van der Waals surface area contributed by atoms with Crippen molar-refractivity contribution in [1.29, 1.82) is 0 Å². The van der Waals surface area contributed by atoms with Crippen molar-refractivity contribution in [3.8, 4) is 0 Å². The molecule has 1 aromatic rings. The first-order chi connectivity index (χ1) is 13.0. The smallest absolute Gasteiger partial charge is 0.243 e. The molecule has 28 heavy (non-hydrogen) atoms. The van der Waals surface area contributed by atoms with Gasteiger partial charge >= 0.3 is 0 Å². The Labute approximate surface area is 173 Å². The van der Waals surface area contributed by atoms with E-state index in [1.807, 2.05) is 6.07 Å². The molecule has 1 saturated carbocycles. The standard InChI is InChI=1S/C20H29N3O3S.ClH/c24-19(18-14-20(18)7-9-21-10-8-20)22-15-16-5-4-6-17(13-16)27(25,26)23-11-2-1-3-12-23;/h4-6,13,18,21H,1-3,7-12,14-15H2,(H,22,24);1H. The zero-order valence-electron chi connectivity index (χ0n) is 16.2. The van der Waals surface area contributed by atoms with Gasteiger partial charge in [0, 0.05) is 25.6 Å². The molecule has 1 aromatic carbocycles. The molecule has 156 valence electrons. The second-order valence-electron chi connectivity index (χ2n) is 8.20. The van der Waals surface area contributed by atoms with Crippen molar-refractivity contribution in [1.82, 2.24) is 14.9 Å². The summed E-state index contributed by atoms with van der Waals surface area (Å²) >= 11 is 0. The van der Waals surface area contributed by atoms with Crippen LogP contribution in [0.5, 0.6) is 0 Å². The molecule has 6 nitrogen and oxygen atoms in total. The van der Waals surface area contributed by atoms with Crippen molar-refractivity contribution in [3.05, 3.63) is 29.8 Å². The van der Waals surface area contributed by atoms with Crippen molar-refractivity contribution in [2.45, 2.75) is 50.0 Å². The molecule has 3 fully saturated rings. The predicted octanol–water partition coefficient (Wildman–Crippen LogP) is 2.29. The second-order valence-corrected chi connectivity index (χ2v) is 10.1. The van der Waals surface area contributed by atoms with E-state index in [2.05, 4.69) is 10.6 Å². The number of piperidine rings is 2. The van der Waals surface area contributed by atoms with E-state index in [0.717, 1.165) is 57.2 Å². The molecule has 1 amide bonds. The molecular formula is C20H30ClN3O3S. The third-order valence-corrected chi connectivity index (χ3v) is 8.32. The number of halogens is 1. The largest absolute Gasteiger partial charge is 0.352 e. The molecule has 0 aromatic heterocycles. The van der Waals surface area contributed by atoms with Crippen molar-refractivity contribution >= 4 is 28.3 Å². The van der Waals surface area contributed by atoms with Gasteiger partial charge in [-0.2, -0.15) is 4.31 Å². The maximum absolute atomic E-state index is 12.8. The van der Waals surface area contributed by atoms with E-state index in [1.54, 1.807) is 22.5 Å². The Hall–Kier alpha value is -1.15. The zero-order valence-corrected chi connectivity index (χ0v) is 17.8. The summed E-state index contributed by atoms with van der Waals surface area (Å²) in [5.74, 6) is 0.237. The van der Waals surface area contributed by atoms with E-state index in [4.69, 9.17) is 0 Å². The molecule has 0 bridgehead atoms. The van der Waals surface area contributed by atoms with Gasteiger partial charge in [-0.05, 0) is 68.3 Å². The Bertz CT molecular complexity index is 803. The number of benzene rings is 1. The fraction of sp³-hybridized carbons (Fsp3) is 0.650. The van der Waals surface area contributed by atoms with Gasteiger partial charge in [-0.1, -0.05) is 18.6 Å². The fourth-order valence-corrected chi connectivity index (χ4v) is 6.17. The van der Waals surface area contributed by atoms with Gasteiger partial charge in [-0.25, -0.2) is 8.42 Å². The van der Waals surface area contributed by atoms with Crippen molar-refractivity contribution < 1.29 is 13.2 Å². The van der Waals surface area contributed by atoms with Crippen LogP contribution in [0.3, 0.4) is 0 Å². The van der Waals surface area contributed by atoms with Gasteiger partial charge in [0.15, 0.2) is 0 Å². The Morgan fingerprint density at radius 3 is 2.61 bits per heavy atom. The van der Waals surface area contributed by atoms with E-state index >= 15 is 0 Å². The minimum atomic E-state index is -3.44. The highest BCUT2D eigenvalue weighted by molar-refractivity contribution is 7.89. The van der Waals surface area contributed by atoms with E-state index < -0.39 is 10.0 Å². The quantitative estimate of drug-likeness (QED) is 0.755. The number of hydrogen-bond donors (Lipinski definition) is 2. The van der Waals surface area contributed by atoms with Crippen LogP contribution in [-0.2, 0) is 21.4 Å². The van der Waals surface area contributed by atoms with E-state index in [9.17, 15) is 13.2 Å². The summed E-state index contributed by atoms with van der Waals surface area (Å²) < 4.78 is 27.2. The molecule has 1 spiro atoms. The molecule has 8 heteroatoms. The highest BCUT2D eigenvalue weighted by Gasteiger charge is 2.57. The Kier molecular flexibility index (Phi) is 6.69. The van der Waals surface area contributed by atoms with Crippen LogP contribution in [0.4, 0.5) is 0 Å². The summed E-state index contributed by atoms with van der Waals surface area (Å²) in [4.78, 5) is 12.9. The maximum atomic E-state index is 12.8. The molecule has 2 saturated heterocycles. The van der Waals surface area contributed by atoms with E-state index in [0.29, 0.717) is 24.5 Å². The van der Waals surface area contributed by atoms with Crippen LogP contribution >= 0.6 is 12.4 Å². The molecule has 2 heterocycles. The van der Waals surface area contributed by atoms with Crippen molar-refractivity contribution in [2.24, 2.45) is 11.3 Å². The van der Waals surface area contributed by atoms with Crippen LogP contribution < -0.4 is 10.6 Å². The lowest BCUT2D eigenvalue weighted by Crippen LogP contribution is -2.35. The molecule has 2 aliphatic heterocycles. The summed E-state index contributed by atoms with van der Waals surface area (Å²) in [5, 5.41) is 6.38. The molecule has 3 aliphatic rings. The second kappa shape index (κ2) is 8.69. The number of carbonyl (C=O) groups excluding carboxylic acids is 1. The summed E-state index contributed by atoms with van der Waals surface area (Å²) in [6.07, 6.45) is 6.09. The number of nitrogens with zero attached hydrogens (tertiary/aromatic N) is 1. The van der Waals surface area contributed by atoms with Gasteiger partial charge in [0.05, 0.1) is 4.90 Å². The van der Waals surface area contributed by atoms with Gasteiger partial charge in [0.2, 0.25) is 15.9 Å². The first-order valence-corrected chi connectivity index (χ1v) is 11.5. The van der Waals surface area contributed by atoms with E-state index in [-0.39, 0.29) is 29.6 Å². The van der Waals surface area contributed by atoms with Crippen LogP contribution in [0.25, 0.3) is 0 Å². The number of hydrogen-bond acceptors (Lipinski definition) is 4. The van der Waals surface area contributed by atoms with Gasteiger partial charge in [0.25, 0.3) is 0 Å². The zero-order chi connectivity index (χ0) is 18.9. The predicted molar refractivity (Wildman–Crippen MR) is 111 cm³/mol. The average Bonchev–Trinajstić information content (AvgIpc) is 3.40. The summed E-state index contributed by atoms with van der Waals surface area (Å²) in [7, 11) is -3.44. The Morgan fingerprint density at radius 2 is 1.89 bits per heavy atom. The third kappa shape index (κ3) is 4.37. The number of sulfonamides is 1. The molecule has 1 aliphatic carbocycles. The van der Waals surface area contributed by atoms with Crippen LogP contribution in [0.1, 0.15) is 44.1 Å². The van der Waals surface area contributed by atoms with Gasteiger partial charge < -0.3 is 10.6 Å². The third-order valence-electron chi connectivity index (χ3n) is 6.42. The van der Waals surface area contributed by atoms with Crippen molar-refractivity contribution in [3.63, 3.8) is 0 Å². The minimum Gasteiger partial charge on any atom is -0.352 e. The lowest BCUT2D eigenvalue weighted by molar-refractivity contribution is -0.123. The van der Waals surface area contributed by atoms with E-state index in [1.165, 1.54) is 0 Å². The van der Waals surface area contributed by atoms with Crippen LogP contribution in [-0.4, -0.2) is 44.8 Å². The maximum Gasteiger partial charge on any atom is 0.243 e. The normalized spacial score (nSPS) is 24.4. The SMILES string of the molecule is Cl.O=C(NCc1cccc(S(=O)(=O)N2CCCCC2)c1)C1CC12CCNCC2. The monoisotopic (exact) mass is 427 g/mol. The molecular weight excluding hydrogens is 398 g/mol. The van der Waals surface area contributed by atoms with Gasteiger partial charge in [-0.15, -0.1) is 12.4 Å². The van der Waals surface area contributed by atoms with Gasteiger partial charge in [0.1, 0.15) is 0 Å². The fourth-order valence-electron chi connectivity index (χ4n) is 4.58. The number of rotatable bonds is 5. The molecule has 0 radical (unpaired) electrons. The highest BCUT2D eigenvalue weighted by atomic mass is 35.5. The Morgan fingerprint density at radius 1 is 1.18 bits per heavy atom. The number of nitrogens with one attached hydrogen (secondary N) is 2. The summed E-state index contributed by atoms with van der Waals surface area (Å²) in [6.45, 7) is 3.58. The van der Waals surface area contributed by atoms with Crippen molar-refractivity contribution in [2.75, 3.05) is 26.2 Å². The van der Waals surface area contributed by atoms with Crippen LogP contribution in [0.15, 0.2) is 29.2 Å². The minimum absolute atomic E-state index is 0. The molecule has 2 N–H and O–H groups in total. The molecule has 1 atom stereocenters. The van der Waals surface area contributed by atoms with Gasteiger partial charge in [-0.3, -0.25) is 4.79 Å². The van der Waals surface area contributed by atoms with Crippen LogP contribution in [0.2, 0.25) is 0 Å². The van der Waals surface area contributed by atoms with Crippen LogP contribution in [0, 0.1) is 11.3 Å². The molecule has 1 unspecified atom stereocenters. The number of amides is 1. The Balaban J connectivity index is 0.00000225. The summed E-state index contributed by atoms with van der Waals surface area (Å²) in [5.41, 5.74) is 1.05. The lowest BCUT2D eigenvalue weighted by Gasteiger charge is -2.26. The average molecular weight is 428 g/mol. The lowest BCUT2D eigenvalue weighted by atomic mass is 9.92.